The third-order valence-electron chi connectivity index (χ3n) is 2.94. The van der Waals surface area contributed by atoms with Crippen molar-refractivity contribution in [2.24, 2.45) is 0 Å². The van der Waals surface area contributed by atoms with Gasteiger partial charge in [-0.15, -0.1) is 0 Å². The normalized spacial score (nSPS) is 13.9. The van der Waals surface area contributed by atoms with E-state index in [9.17, 15) is 9.50 Å². The lowest BCUT2D eigenvalue weighted by molar-refractivity contribution is 0.420. The van der Waals surface area contributed by atoms with Gasteiger partial charge >= 0.3 is 0 Å². The summed E-state index contributed by atoms with van der Waals surface area (Å²) in [6.45, 7) is 9.68. The Morgan fingerprint density at radius 3 is 2.31 bits per heavy atom. The van der Waals surface area contributed by atoms with Gasteiger partial charge in [0.25, 0.3) is 0 Å². The molecule has 1 atom stereocenters. The first kappa shape index (κ1) is 13.0. The molecule has 0 amide bonds. The third-order valence-corrected chi connectivity index (χ3v) is 2.94. The second kappa shape index (κ2) is 4.44. The number of benzene rings is 1. The van der Waals surface area contributed by atoms with Gasteiger partial charge in [0, 0.05) is 5.92 Å². The minimum Gasteiger partial charge on any atom is -0.508 e. The van der Waals surface area contributed by atoms with Gasteiger partial charge in [-0.05, 0) is 35.1 Å². The van der Waals surface area contributed by atoms with Crippen LogP contribution in [0.15, 0.2) is 12.1 Å². The maximum absolute atomic E-state index is 12.7. The van der Waals surface area contributed by atoms with Gasteiger partial charge in [0.05, 0.1) is 6.67 Å². The molecule has 1 N–H and O–H groups in total. The zero-order valence-corrected chi connectivity index (χ0v) is 10.8. The molecule has 1 nitrogen and oxygen atoms in total. The Bertz CT molecular complexity index is 377. The van der Waals surface area contributed by atoms with Crippen LogP contribution in [0.4, 0.5) is 4.39 Å². The number of aromatic hydroxyl groups is 1. The first-order chi connectivity index (χ1) is 7.27. The van der Waals surface area contributed by atoms with Gasteiger partial charge in [-0.25, -0.2) is 0 Å². The van der Waals surface area contributed by atoms with E-state index < -0.39 is 6.67 Å². The minimum atomic E-state index is -0.444. The second-order valence-electron chi connectivity index (χ2n) is 5.53. The lowest BCUT2D eigenvalue weighted by atomic mass is 9.81. The Balaban J connectivity index is 3.33. The van der Waals surface area contributed by atoms with Crippen LogP contribution in [0.3, 0.4) is 0 Å². The lowest BCUT2D eigenvalue weighted by Crippen LogP contribution is -2.14. The summed E-state index contributed by atoms with van der Waals surface area (Å²) in [7, 11) is 0. The van der Waals surface area contributed by atoms with Gasteiger partial charge in [-0.1, -0.05) is 33.8 Å². The molecule has 1 aromatic rings. The third kappa shape index (κ3) is 2.55. The van der Waals surface area contributed by atoms with Crippen molar-refractivity contribution >= 4 is 0 Å². The molecule has 0 saturated carbocycles. The number of aryl methyl sites for hydroxylation is 1. The fourth-order valence-corrected chi connectivity index (χ4v) is 2.00. The van der Waals surface area contributed by atoms with E-state index in [4.69, 9.17) is 0 Å². The molecule has 0 radical (unpaired) electrons. The summed E-state index contributed by atoms with van der Waals surface area (Å²) in [5.41, 5.74) is 2.95. The molecule has 0 fully saturated rings. The van der Waals surface area contributed by atoms with Crippen LogP contribution in [0, 0.1) is 6.92 Å². The van der Waals surface area contributed by atoms with E-state index in [0.29, 0.717) is 5.56 Å². The van der Waals surface area contributed by atoms with Gasteiger partial charge in [0.2, 0.25) is 0 Å². The molecule has 1 rings (SSSR count). The fraction of sp³-hybridized carbons (Fsp3) is 0.571. The summed E-state index contributed by atoms with van der Waals surface area (Å²) in [4.78, 5) is 0. The van der Waals surface area contributed by atoms with Crippen molar-refractivity contribution in [1.82, 2.24) is 0 Å². The highest BCUT2D eigenvalue weighted by molar-refractivity contribution is 5.45. The topological polar surface area (TPSA) is 20.2 Å². The van der Waals surface area contributed by atoms with Gasteiger partial charge in [-0.2, -0.15) is 0 Å². The Kier molecular flexibility index (Phi) is 3.61. The first-order valence-corrected chi connectivity index (χ1v) is 5.67. The molecule has 16 heavy (non-hydrogen) atoms. The number of phenolic OH excluding ortho intramolecular Hbond substituents is 1. The molecule has 0 heterocycles. The fourth-order valence-electron chi connectivity index (χ4n) is 2.00. The zero-order valence-electron chi connectivity index (χ0n) is 10.8. The average molecular weight is 224 g/mol. The predicted octanol–water partition coefficient (Wildman–Crippen LogP) is 4.07. The SMILES string of the molecule is Cc1cc(O)c(C(C)CF)cc1C(C)(C)C. The molecule has 1 aromatic carbocycles. The second-order valence-corrected chi connectivity index (χ2v) is 5.53. The molecule has 0 aliphatic carbocycles. The van der Waals surface area contributed by atoms with Crippen molar-refractivity contribution in [3.63, 3.8) is 0 Å². The molecule has 2 heteroatoms. The highest BCUT2D eigenvalue weighted by Crippen LogP contribution is 2.34. The first-order valence-electron chi connectivity index (χ1n) is 5.67. The Morgan fingerprint density at radius 2 is 1.88 bits per heavy atom. The maximum atomic E-state index is 12.7. The summed E-state index contributed by atoms with van der Waals surface area (Å²) in [5, 5.41) is 9.82. The van der Waals surface area contributed by atoms with Crippen molar-refractivity contribution in [3.8, 4) is 5.75 Å². The van der Waals surface area contributed by atoms with Crippen LogP contribution in [0.1, 0.15) is 50.3 Å². The number of hydrogen-bond donors (Lipinski definition) is 1. The lowest BCUT2D eigenvalue weighted by Gasteiger charge is -2.24. The Morgan fingerprint density at radius 1 is 1.31 bits per heavy atom. The highest BCUT2D eigenvalue weighted by atomic mass is 19.1. The summed E-state index contributed by atoms with van der Waals surface area (Å²) in [5.74, 6) is -0.0441. The van der Waals surface area contributed by atoms with Gasteiger partial charge in [0.15, 0.2) is 0 Å². The summed E-state index contributed by atoms with van der Waals surface area (Å²) in [6, 6.07) is 3.68. The zero-order chi connectivity index (χ0) is 12.5. The van der Waals surface area contributed by atoms with Gasteiger partial charge in [-0.3, -0.25) is 4.39 Å². The number of alkyl halides is 1. The molecule has 0 aliphatic rings. The van der Waals surface area contributed by atoms with Crippen molar-refractivity contribution in [1.29, 1.82) is 0 Å². The molecule has 0 spiro atoms. The van der Waals surface area contributed by atoms with Crippen LogP contribution in [0.2, 0.25) is 0 Å². The van der Waals surface area contributed by atoms with Crippen LogP contribution in [0.25, 0.3) is 0 Å². The summed E-state index contributed by atoms with van der Waals surface area (Å²) < 4.78 is 12.7. The molecule has 0 bridgehead atoms. The molecule has 0 aromatic heterocycles. The van der Waals surface area contributed by atoms with E-state index in [1.807, 2.05) is 13.0 Å². The Hall–Kier alpha value is -1.05. The van der Waals surface area contributed by atoms with E-state index in [1.54, 1.807) is 13.0 Å². The van der Waals surface area contributed by atoms with Crippen molar-refractivity contribution < 1.29 is 9.50 Å². The summed E-state index contributed by atoms with van der Waals surface area (Å²) >= 11 is 0. The van der Waals surface area contributed by atoms with Crippen LogP contribution in [-0.2, 0) is 5.41 Å². The number of hydrogen-bond acceptors (Lipinski definition) is 1. The van der Waals surface area contributed by atoms with Crippen LogP contribution < -0.4 is 0 Å². The monoisotopic (exact) mass is 224 g/mol. The van der Waals surface area contributed by atoms with Crippen molar-refractivity contribution in [2.75, 3.05) is 6.67 Å². The van der Waals surface area contributed by atoms with E-state index >= 15 is 0 Å². The van der Waals surface area contributed by atoms with Crippen molar-refractivity contribution in [3.05, 3.63) is 28.8 Å². The predicted molar refractivity (Wildman–Crippen MR) is 65.9 cm³/mol. The number of halogens is 1. The van der Waals surface area contributed by atoms with Gasteiger partial charge in [0.1, 0.15) is 5.75 Å². The highest BCUT2D eigenvalue weighted by Gasteiger charge is 2.20. The summed E-state index contributed by atoms with van der Waals surface area (Å²) in [6.07, 6.45) is 0. The quantitative estimate of drug-likeness (QED) is 0.802. The largest absolute Gasteiger partial charge is 0.508 e. The average Bonchev–Trinajstić information content (AvgIpc) is 2.14. The molecule has 0 aliphatic heterocycles. The Labute approximate surface area is 97.3 Å². The van der Waals surface area contributed by atoms with Crippen LogP contribution >= 0.6 is 0 Å². The molecule has 90 valence electrons. The molecule has 0 saturated heterocycles. The molecule has 1 unspecified atom stereocenters. The van der Waals surface area contributed by atoms with Crippen molar-refractivity contribution in [2.45, 2.75) is 46.0 Å². The van der Waals surface area contributed by atoms with Crippen LogP contribution in [0.5, 0.6) is 5.75 Å². The minimum absolute atomic E-state index is 0.0164. The molecular weight excluding hydrogens is 203 g/mol. The molecular formula is C14H21FO. The van der Waals surface area contributed by atoms with E-state index in [-0.39, 0.29) is 17.1 Å². The standard InChI is InChI=1S/C14H21FO/c1-9-6-13(16)11(10(2)8-15)7-12(9)14(3,4)5/h6-7,10,16H,8H2,1-5H3. The van der Waals surface area contributed by atoms with Crippen LogP contribution in [-0.4, -0.2) is 11.8 Å². The number of phenols is 1. The smallest absolute Gasteiger partial charge is 0.119 e. The van der Waals surface area contributed by atoms with E-state index in [0.717, 1.165) is 5.56 Å². The van der Waals surface area contributed by atoms with E-state index in [1.165, 1.54) is 5.56 Å². The van der Waals surface area contributed by atoms with E-state index in [2.05, 4.69) is 20.8 Å². The van der Waals surface area contributed by atoms with Gasteiger partial charge < -0.3 is 5.11 Å². The maximum Gasteiger partial charge on any atom is 0.119 e. The number of rotatable bonds is 2.